The lowest BCUT2D eigenvalue weighted by Gasteiger charge is -2.31. The van der Waals surface area contributed by atoms with Crippen molar-refractivity contribution in [3.05, 3.63) is 40.7 Å². The van der Waals surface area contributed by atoms with Crippen molar-refractivity contribution in [2.75, 3.05) is 18.6 Å². The molecule has 146 valence electrons. The molecule has 2 aliphatic rings. The molecule has 0 N–H and O–H groups in total. The average Bonchev–Trinajstić information content (AvgIpc) is 2.98. The Bertz CT molecular complexity index is 738. The molecule has 1 aromatic rings. The van der Waals surface area contributed by atoms with E-state index in [9.17, 15) is 0 Å². The number of aromatic nitrogens is 1. The number of thioether (sulfide) groups is 1. The van der Waals surface area contributed by atoms with Crippen molar-refractivity contribution in [3.63, 3.8) is 0 Å². The van der Waals surface area contributed by atoms with E-state index in [1.807, 2.05) is 24.9 Å². The van der Waals surface area contributed by atoms with Crippen molar-refractivity contribution in [1.29, 1.82) is 0 Å². The summed E-state index contributed by atoms with van der Waals surface area (Å²) >= 11 is 1.90. The van der Waals surface area contributed by atoms with Gasteiger partial charge in [0, 0.05) is 37.1 Å². The topological polar surface area (TPSA) is 50.1 Å². The summed E-state index contributed by atoms with van der Waals surface area (Å²) in [7, 11) is 0. The van der Waals surface area contributed by atoms with Crippen LogP contribution in [0.2, 0.25) is 0 Å². The van der Waals surface area contributed by atoms with Gasteiger partial charge >= 0.3 is 0 Å². The van der Waals surface area contributed by atoms with Gasteiger partial charge < -0.3 is 4.74 Å². The molecule has 1 aromatic heterocycles. The Balaban J connectivity index is 1.75. The van der Waals surface area contributed by atoms with Gasteiger partial charge in [0.25, 0.3) is 0 Å². The molecule has 5 nitrogen and oxygen atoms in total. The third-order valence-corrected chi connectivity index (χ3v) is 5.70. The van der Waals surface area contributed by atoms with E-state index >= 15 is 0 Å². The summed E-state index contributed by atoms with van der Waals surface area (Å²) < 4.78 is 5.80. The zero-order chi connectivity index (χ0) is 19.4. The van der Waals surface area contributed by atoms with E-state index in [2.05, 4.69) is 65.1 Å². The molecule has 27 heavy (non-hydrogen) atoms. The second kappa shape index (κ2) is 9.02. The van der Waals surface area contributed by atoms with Gasteiger partial charge in [0.2, 0.25) is 0 Å². The van der Waals surface area contributed by atoms with Crippen molar-refractivity contribution in [3.8, 4) is 0 Å². The number of aryl methyl sites for hydroxylation is 2. The zero-order valence-electron chi connectivity index (χ0n) is 17.0. The Morgan fingerprint density at radius 2 is 1.96 bits per heavy atom. The largest absolute Gasteiger partial charge is 0.469 e. The van der Waals surface area contributed by atoms with Crippen LogP contribution in [0.4, 0.5) is 0 Å². The van der Waals surface area contributed by atoms with E-state index in [1.165, 1.54) is 23.3 Å². The molecule has 0 saturated carbocycles. The molecule has 3 unspecified atom stereocenters. The molecule has 3 heterocycles. The molecular weight excluding hydrogens is 356 g/mol. The number of dihydropyridines is 1. The Morgan fingerprint density at radius 3 is 2.67 bits per heavy atom. The summed E-state index contributed by atoms with van der Waals surface area (Å²) in [6, 6.07) is 4.66. The second-order valence-corrected chi connectivity index (χ2v) is 8.33. The monoisotopic (exact) mass is 386 g/mol. The predicted octanol–water partition coefficient (Wildman–Crippen LogP) is 3.80. The Labute approximate surface area is 167 Å². The molecule has 0 saturated heterocycles. The summed E-state index contributed by atoms with van der Waals surface area (Å²) in [5, 5.41) is 0. The van der Waals surface area contributed by atoms with Crippen LogP contribution in [0.25, 0.3) is 0 Å². The van der Waals surface area contributed by atoms with Gasteiger partial charge in [-0.05, 0) is 75.1 Å². The van der Waals surface area contributed by atoms with Gasteiger partial charge in [0.15, 0.2) is 18.2 Å². The number of pyridine rings is 1. The van der Waals surface area contributed by atoms with Gasteiger partial charge in [0.05, 0.1) is 0 Å². The van der Waals surface area contributed by atoms with E-state index in [-0.39, 0.29) is 18.3 Å². The predicted molar refractivity (Wildman–Crippen MR) is 115 cm³/mol. The van der Waals surface area contributed by atoms with Crippen molar-refractivity contribution >= 4 is 23.9 Å². The quantitative estimate of drug-likeness (QED) is 0.638. The van der Waals surface area contributed by atoms with E-state index in [4.69, 9.17) is 4.74 Å². The summed E-state index contributed by atoms with van der Waals surface area (Å²) in [5.41, 5.74) is 4.69. The number of fused-ring (bicyclic) bond motifs is 1. The van der Waals surface area contributed by atoms with Crippen LogP contribution in [0.15, 0.2) is 33.8 Å². The highest BCUT2D eigenvalue weighted by Crippen LogP contribution is 2.24. The first-order chi connectivity index (χ1) is 13.0. The van der Waals surface area contributed by atoms with Crippen LogP contribution in [-0.2, 0) is 11.3 Å². The fourth-order valence-corrected chi connectivity index (χ4v) is 4.13. The first-order valence-corrected chi connectivity index (χ1v) is 11.0. The molecule has 0 aliphatic carbocycles. The van der Waals surface area contributed by atoms with Gasteiger partial charge in [-0.3, -0.25) is 14.9 Å². The fraction of sp³-hybridized carbons (Fsp3) is 0.571. The molecular formula is C21H30N4OS. The number of hydrogen-bond acceptors (Lipinski definition) is 6. The molecule has 0 amide bonds. The lowest BCUT2D eigenvalue weighted by atomic mass is 10.0. The highest BCUT2D eigenvalue weighted by molar-refractivity contribution is 7.98. The minimum Gasteiger partial charge on any atom is -0.469 e. The highest BCUT2D eigenvalue weighted by Gasteiger charge is 2.31. The summed E-state index contributed by atoms with van der Waals surface area (Å²) in [4.78, 5) is 16.1. The Hall–Kier alpha value is -1.66. The molecule has 0 spiro atoms. The van der Waals surface area contributed by atoms with Crippen LogP contribution in [0.3, 0.4) is 0 Å². The summed E-state index contributed by atoms with van der Waals surface area (Å²) in [6.45, 7) is 10.3. The third-order valence-electron chi connectivity index (χ3n) is 5.00. The molecule has 0 aromatic carbocycles. The third kappa shape index (κ3) is 5.20. The Morgan fingerprint density at radius 1 is 1.22 bits per heavy atom. The maximum Gasteiger partial charge on any atom is 0.183 e. The smallest absolute Gasteiger partial charge is 0.183 e. The number of rotatable bonds is 8. The van der Waals surface area contributed by atoms with E-state index in [1.54, 1.807) is 0 Å². The van der Waals surface area contributed by atoms with Crippen LogP contribution in [0.5, 0.6) is 0 Å². The minimum atomic E-state index is -0.101. The minimum absolute atomic E-state index is 0.0501. The van der Waals surface area contributed by atoms with E-state index in [0.29, 0.717) is 0 Å². The van der Waals surface area contributed by atoms with Crippen LogP contribution >= 0.6 is 11.8 Å². The molecule has 3 rings (SSSR count). The zero-order valence-corrected chi connectivity index (χ0v) is 17.8. The summed E-state index contributed by atoms with van der Waals surface area (Å²) in [6.07, 6.45) is 7.38. The standard InChI is InChI=1S/C21H30N4OS/c1-14-9-18(10-15(2)23-14)13-25(7-6-8-27-5)16(3)19-11-20-21(22-12-19)24-17(4)26-20/h9-12,16,20-21H,6-8,13H2,1-5H3. The van der Waals surface area contributed by atoms with Crippen LogP contribution < -0.4 is 0 Å². The second-order valence-electron chi connectivity index (χ2n) is 7.34. The average molecular weight is 387 g/mol. The first kappa shape index (κ1) is 20.1. The van der Waals surface area contributed by atoms with Gasteiger partial charge in [-0.2, -0.15) is 11.8 Å². The highest BCUT2D eigenvalue weighted by atomic mass is 32.2. The Kier molecular flexibility index (Phi) is 6.71. The molecule has 0 fully saturated rings. The van der Waals surface area contributed by atoms with Crippen molar-refractivity contribution < 1.29 is 4.74 Å². The van der Waals surface area contributed by atoms with Crippen molar-refractivity contribution in [1.82, 2.24) is 9.88 Å². The van der Waals surface area contributed by atoms with Crippen LogP contribution in [0.1, 0.15) is 37.2 Å². The lowest BCUT2D eigenvalue weighted by molar-refractivity contribution is 0.217. The lowest BCUT2D eigenvalue weighted by Crippen LogP contribution is -2.37. The molecule has 2 aliphatic heterocycles. The fourth-order valence-electron chi connectivity index (χ4n) is 3.71. The molecule has 0 bridgehead atoms. The van der Waals surface area contributed by atoms with Gasteiger partial charge in [-0.25, -0.2) is 4.99 Å². The van der Waals surface area contributed by atoms with Crippen molar-refractivity contribution in [2.45, 2.75) is 59.0 Å². The van der Waals surface area contributed by atoms with E-state index < -0.39 is 0 Å². The maximum absolute atomic E-state index is 5.80. The van der Waals surface area contributed by atoms with Crippen LogP contribution in [-0.4, -0.2) is 58.9 Å². The normalized spacial score (nSPS) is 22.3. The van der Waals surface area contributed by atoms with E-state index in [0.717, 1.165) is 30.4 Å². The van der Waals surface area contributed by atoms with Crippen LogP contribution in [0, 0.1) is 13.8 Å². The molecule has 0 radical (unpaired) electrons. The first-order valence-electron chi connectivity index (χ1n) is 9.59. The number of aliphatic imine (C=N–C) groups is 2. The number of hydrogen-bond donors (Lipinski definition) is 0. The summed E-state index contributed by atoms with van der Waals surface area (Å²) in [5.74, 6) is 1.90. The molecule has 3 atom stereocenters. The van der Waals surface area contributed by atoms with Gasteiger partial charge in [0.1, 0.15) is 0 Å². The molecule has 6 heteroatoms. The van der Waals surface area contributed by atoms with Gasteiger partial charge in [-0.1, -0.05) is 0 Å². The maximum atomic E-state index is 5.80. The SMILES string of the molecule is CSCCCN(Cc1cc(C)nc(C)c1)C(C)C1=CC2OC(C)=NC2N=C1. The van der Waals surface area contributed by atoms with Crippen molar-refractivity contribution in [2.24, 2.45) is 9.98 Å². The number of nitrogens with zero attached hydrogens (tertiary/aromatic N) is 4. The number of ether oxygens (including phenoxy) is 1. The van der Waals surface area contributed by atoms with Gasteiger partial charge in [-0.15, -0.1) is 0 Å².